The molecule has 0 bridgehead atoms. The lowest BCUT2D eigenvalue weighted by molar-refractivity contribution is -0.137. The minimum atomic E-state index is -0.925. The number of ether oxygens (including phenoxy) is 1. The van der Waals surface area contributed by atoms with Gasteiger partial charge in [0.25, 0.3) is 0 Å². The number of carboxylic acid groups (broad SMARTS) is 1. The lowest BCUT2D eigenvalue weighted by Gasteiger charge is -2.34. The van der Waals surface area contributed by atoms with Gasteiger partial charge in [0.15, 0.2) is 0 Å². The highest BCUT2D eigenvalue weighted by Gasteiger charge is 2.33. The molecule has 35 heavy (non-hydrogen) atoms. The smallest absolute Gasteiger partial charge is 0.303 e. The van der Waals surface area contributed by atoms with E-state index in [1.54, 1.807) is 0 Å². The number of rotatable bonds is 10. The summed E-state index contributed by atoms with van der Waals surface area (Å²) in [6, 6.07) is 12.6. The first-order valence-electron chi connectivity index (χ1n) is 12.6. The zero-order valence-electron chi connectivity index (χ0n) is 21.4. The molecular weight excluding hydrogens is 440 g/mol. The third-order valence-electron chi connectivity index (χ3n) is 7.45. The number of carboxylic acids is 1. The molecule has 0 heterocycles. The average molecular weight is 479 g/mol. The first-order chi connectivity index (χ1) is 16.6. The van der Waals surface area contributed by atoms with Crippen molar-refractivity contribution >= 4 is 5.97 Å². The van der Waals surface area contributed by atoms with Gasteiger partial charge in [-0.1, -0.05) is 50.0 Å². The van der Waals surface area contributed by atoms with Crippen LogP contribution in [-0.4, -0.2) is 39.6 Å². The van der Waals surface area contributed by atoms with E-state index in [4.69, 9.17) is 9.84 Å². The van der Waals surface area contributed by atoms with Crippen LogP contribution in [0.3, 0.4) is 0 Å². The van der Waals surface area contributed by atoms with Crippen molar-refractivity contribution in [3.8, 4) is 17.6 Å². The summed E-state index contributed by atoms with van der Waals surface area (Å²) in [5.74, 6) is 6.03. The molecule has 0 aliphatic heterocycles. The maximum atomic E-state index is 10.7. The van der Waals surface area contributed by atoms with Gasteiger partial charge in [0.1, 0.15) is 18.0 Å². The molecule has 0 unspecified atom stereocenters. The van der Waals surface area contributed by atoms with Gasteiger partial charge in [-0.05, 0) is 86.8 Å². The topological polar surface area (TPSA) is 87.0 Å². The molecular formula is C30H38O5. The minimum absolute atomic E-state index is 0.0665. The van der Waals surface area contributed by atoms with Crippen molar-refractivity contribution in [2.24, 2.45) is 0 Å². The van der Waals surface area contributed by atoms with E-state index >= 15 is 0 Å². The Bertz CT molecular complexity index is 1100. The summed E-state index contributed by atoms with van der Waals surface area (Å²) in [5.41, 5.74) is 4.52. The largest absolute Gasteiger partial charge is 0.491 e. The monoisotopic (exact) mass is 478 g/mol. The van der Waals surface area contributed by atoms with Gasteiger partial charge >= 0.3 is 5.97 Å². The van der Waals surface area contributed by atoms with E-state index in [0.29, 0.717) is 5.75 Å². The molecule has 5 heteroatoms. The molecule has 1 aliphatic carbocycles. The molecule has 1 saturated carbocycles. The maximum Gasteiger partial charge on any atom is 0.303 e. The molecule has 0 spiro atoms. The Morgan fingerprint density at radius 1 is 1.09 bits per heavy atom. The van der Waals surface area contributed by atoms with Crippen molar-refractivity contribution in [1.82, 2.24) is 0 Å². The summed E-state index contributed by atoms with van der Waals surface area (Å²) in [6.45, 7) is 8.55. The van der Waals surface area contributed by atoms with Gasteiger partial charge in [-0.3, -0.25) is 4.79 Å². The zero-order valence-corrected chi connectivity index (χ0v) is 21.4. The van der Waals surface area contributed by atoms with Crippen LogP contribution < -0.4 is 4.74 Å². The second kappa shape index (κ2) is 11.3. The number of aliphatic carboxylic acids is 1. The molecule has 1 atom stereocenters. The standard InChI is InChI=1S/C30H38O5/c1-5-30(6-2,24-9-8-23(21(3)18-24)14-17-29(34)15-7-16-29)25-10-12-27(22(4)19-25)35-20-26(31)11-13-28(32)33/h8-10,12,18-19,26,31,34H,5-7,11,13,15-16,20H2,1-4H3,(H,32,33)/t26-/m1/s1. The van der Waals surface area contributed by atoms with Crippen LogP contribution in [0.4, 0.5) is 0 Å². The highest BCUT2D eigenvalue weighted by atomic mass is 16.5. The van der Waals surface area contributed by atoms with Crippen LogP contribution in [0.2, 0.25) is 0 Å². The number of aryl methyl sites for hydroxylation is 2. The van der Waals surface area contributed by atoms with E-state index in [9.17, 15) is 15.0 Å². The third-order valence-corrected chi connectivity index (χ3v) is 7.45. The number of carbonyl (C=O) groups is 1. The fourth-order valence-corrected chi connectivity index (χ4v) is 4.82. The van der Waals surface area contributed by atoms with Crippen LogP contribution in [0, 0.1) is 25.7 Å². The molecule has 188 valence electrons. The Morgan fingerprint density at radius 2 is 1.71 bits per heavy atom. The second-order valence-corrected chi connectivity index (χ2v) is 9.83. The number of benzene rings is 2. The Morgan fingerprint density at radius 3 is 2.23 bits per heavy atom. The lowest BCUT2D eigenvalue weighted by atomic mass is 9.70. The lowest BCUT2D eigenvalue weighted by Crippen LogP contribution is -2.34. The fraction of sp³-hybridized carbons (Fsp3) is 0.500. The molecule has 0 aromatic heterocycles. The van der Waals surface area contributed by atoms with Crippen molar-refractivity contribution in [3.05, 3.63) is 64.2 Å². The number of aliphatic hydroxyl groups excluding tert-OH is 1. The first-order valence-corrected chi connectivity index (χ1v) is 12.6. The SMILES string of the molecule is CCC(CC)(c1ccc(C#CC2(O)CCC2)c(C)c1)c1ccc(OC[C@H](O)CCC(=O)O)c(C)c1. The summed E-state index contributed by atoms with van der Waals surface area (Å²) in [7, 11) is 0. The van der Waals surface area contributed by atoms with Crippen molar-refractivity contribution in [3.63, 3.8) is 0 Å². The van der Waals surface area contributed by atoms with Crippen LogP contribution >= 0.6 is 0 Å². The first kappa shape index (κ1) is 26.8. The summed E-state index contributed by atoms with van der Waals surface area (Å²) >= 11 is 0. The van der Waals surface area contributed by atoms with Gasteiger partial charge in [0.2, 0.25) is 0 Å². The van der Waals surface area contributed by atoms with E-state index in [0.717, 1.165) is 48.8 Å². The molecule has 1 aliphatic rings. The Balaban J connectivity index is 1.82. The quantitative estimate of drug-likeness (QED) is 0.405. The molecule has 2 aromatic rings. The Hall–Kier alpha value is -2.81. The van der Waals surface area contributed by atoms with Crippen LogP contribution in [0.1, 0.15) is 86.6 Å². The molecule has 0 radical (unpaired) electrons. The normalized spacial score (nSPS) is 15.5. The van der Waals surface area contributed by atoms with E-state index in [-0.39, 0.29) is 24.9 Å². The molecule has 2 aromatic carbocycles. The summed E-state index contributed by atoms with van der Waals surface area (Å²) in [6.07, 6.45) is 3.68. The predicted molar refractivity (Wildman–Crippen MR) is 138 cm³/mol. The van der Waals surface area contributed by atoms with Crippen LogP contribution in [0.5, 0.6) is 5.75 Å². The molecule has 3 N–H and O–H groups in total. The highest BCUT2D eigenvalue weighted by Crippen LogP contribution is 2.41. The summed E-state index contributed by atoms with van der Waals surface area (Å²) < 4.78 is 5.80. The van der Waals surface area contributed by atoms with Gasteiger partial charge in [-0.2, -0.15) is 0 Å². The van der Waals surface area contributed by atoms with Crippen molar-refractivity contribution in [1.29, 1.82) is 0 Å². The summed E-state index contributed by atoms with van der Waals surface area (Å²) in [5, 5.41) is 29.1. The zero-order chi connectivity index (χ0) is 25.6. The van der Waals surface area contributed by atoms with E-state index in [1.165, 1.54) is 11.1 Å². The Kier molecular flexibility index (Phi) is 8.64. The van der Waals surface area contributed by atoms with Crippen LogP contribution in [-0.2, 0) is 10.2 Å². The van der Waals surface area contributed by atoms with Crippen molar-refractivity contribution < 1.29 is 24.9 Å². The van der Waals surface area contributed by atoms with Crippen LogP contribution in [0.15, 0.2) is 36.4 Å². The van der Waals surface area contributed by atoms with Gasteiger partial charge < -0.3 is 20.1 Å². The van der Waals surface area contributed by atoms with E-state index < -0.39 is 17.7 Å². The second-order valence-electron chi connectivity index (χ2n) is 9.83. The number of aliphatic hydroxyl groups is 2. The van der Waals surface area contributed by atoms with Gasteiger partial charge in [-0.25, -0.2) is 0 Å². The molecule has 0 amide bonds. The number of hydrogen-bond donors (Lipinski definition) is 3. The van der Waals surface area contributed by atoms with Gasteiger partial charge in [-0.15, -0.1) is 0 Å². The highest BCUT2D eigenvalue weighted by molar-refractivity contribution is 5.66. The van der Waals surface area contributed by atoms with E-state index in [2.05, 4.69) is 62.9 Å². The predicted octanol–water partition coefficient (Wildman–Crippen LogP) is 5.28. The minimum Gasteiger partial charge on any atom is -0.491 e. The van der Waals surface area contributed by atoms with Crippen molar-refractivity contribution in [2.45, 2.75) is 89.8 Å². The Labute approximate surface area is 209 Å². The average Bonchev–Trinajstić information content (AvgIpc) is 2.81. The molecule has 5 nitrogen and oxygen atoms in total. The molecule has 0 saturated heterocycles. The van der Waals surface area contributed by atoms with Gasteiger partial charge in [0.05, 0.1) is 6.10 Å². The molecule has 1 fully saturated rings. The van der Waals surface area contributed by atoms with Gasteiger partial charge in [0, 0.05) is 17.4 Å². The molecule has 3 rings (SSSR count). The third kappa shape index (κ3) is 6.25. The fourth-order valence-electron chi connectivity index (χ4n) is 4.82. The van der Waals surface area contributed by atoms with E-state index in [1.807, 2.05) is 13.0 Å². The summed E-state index contributed by atoms with van der Waals surface area (Å²) in [4.78, 5) is 10.7. The van der Waals surface area contributed by atoms with Crippen molar-refractivity contribution in [2.75, 3.05) is 6.61 Å². The van der Waals surface area contributed by atoms with Crippen LogP contribution in [0.25, 0.3) is 0 Å². The maximum absolute atomic E-state index is 10.7. The number of hydrogen-bond acceptors (Lipinski definition) is 4.